The van der Waals surface area contributed by atoms with Crippen LogP contribution in [-0.4, -0.2) is 83.6 Å². The first-order valence-corrected chi connectivity index (χ1v) is 13.5. The molecule has 0 spiro atoms. The van der Waals surface area contributed by atoms with Crippen molar-refractivity contribution in [2.24, 2.45) is 10.9 Å². The second kappa shape index (κ2) is 14.2. The molecule has 0 unspecified atom stereocenters. The predicted octanol–water partition coefficient (Wildman–Crippen LogP) is 2.55. The molecule has 36 heavy (non-hydrogen) atoms. The molecule has 0 radical (unpaired) electrons. The summed E-state index contributed by atoms with van der Waals surface area (Å²) in [6.07, 6.45) is 12.8. The highest BCUT2D eigenvalue weighted by atomic mass is 16.2. The minimum absolute atomic E-state index is 0. The first-order chi connectivity index (χ1) is 17.5. The van der Waals surface area contributed by atoms with Crippen LogP contribution in [0.2, 0.25) is 0 Å². The summed E-state index contributed by atoms with van der Waals surface area (Å²) in [7, 11) is 1.77. The van der Waals surface area contributed by atoms with Gasteiger partial charge in [0, 0.05) is 47.4 Å². The van der Waals surface area contributed by atoms with Gasteiger partial charge in [0.05, 0.1) is 6.04 Å². The van der Waals surface area contributed by atoms with Crippen molar-refractivity contribution < 1.29 is 17.2 Å². The number of fused-ring (bicyclic) bond motifs is 1. The number of aldehydes is 1. The van der Waals surface area contributed by atoms with E-state index in [4.69, 9.17) is 0 Å². The highest BCUT2D eigenvalue weighted by molar-refractivity contribution is 5.90. The summed E-state index contributed by atoms with van der Waals surface area (Å²) >= 11 is 0. The van der Waals surface area contributed by atoms with Crippen LogP contribution in [0, 0.1) is 5.92 Å². The Balaban J connectivity index is 0.000000464. The summed E-state index contributed by atoms with van der Waals surface area (Å²) < 4.78 is 1.88. The number of carbonyl (C=O) groups is 3. The molecule has 10 heteroatoms. The maximum Gasteiger partial charge on any atom is 0.245 e. The van der Waals surface area contributed by atoms with Gasteiger partial charge in [-0.05, 0) is 58.5 Å². The Labute approximate surface area is 217 Å². The van der Waals surface area contributed by atoms with Gasteiger partial charge in [0.1, 0.15) is 11.7 Å². The van der Waals surface area contributed by atoms with E-state index in [1.54, 1.807) is 13.2 Å². The molecular weight excluding hydrogens is 458 g/mol. The molecule has 10 nitrogen and oxygen atoms in total. The zero-order chi connectivity index (χ0) is 25.9. The second-order valence-corrected chi connectivity index (χ2v) is 9.95. The third kappa shape index (κ3) is 7.46. The summed E-state index contributed by atoms with van der Waals surface area (Å²) in [5, 5.41) is 9.47. The van der Waals surface area contributed by atoms with Crippen LogP contribution in [0.25, 0.3) is 0 Å². The maximum atomic E-state index is 13.3. The van der Waals surface area contributed by atoms with Gasteiger partial charge in [-0.2, -0.15) is 0 Å². The molecule has 3 atom stereocenters. The fourth-order valence-electron chi connectivity index (χ4n) is 5.14. The number of likely N-dealkylation sites (N-methyl/N-ethyl adjacent to an activating group) is 1. The minimum atomic E-state index is -0.363. The van der Waals surface area contributed by atoms with Gasteiger partial charge in [0.2, 0.25) is 17.8 Å². The smallest absolute Gasteiger partial charge is 0.245 e. The molecule has 0 bridgehead atoms. The quantitative estimate of drug-likeness (QED) is 0.332. The lowest BCUT2D eigenvalue weighted by atomic mass is 9.96. The van der Waals surface area contributed by atoms with E-state index in [1.807, 2.05) is 22.6 Å². The fourth-order valence-corrected chi connectivity index (χ4v) is 5.14. The van der Waals surface area contributed by atoms with Crippen molar-refractivity contribution in [3.8, 4) is 0 Å². The monoisotopic (exact) mass is 505 g/mol. The van der Waals surface area contributed by atoms with Gasteiger partial charge in [0.15, 0.2) is 6.29 Å². The molecule has 2 aliphatic heterocycles. The largest absolute Gasteiger partial charge is 0.343 e. The van der Waals surface area contributed by atoms with Crippen LogP contribution >= 0.6 is 0 Å². The van der Waals surface area contributed by atoms with Crippen molar-refractivity contribution in [3.05, 3.63) is 11.9 Å². The Morgan fingerprint density at radius 2 is 2.00 bits per heavy atom. The summed E-state index contributed by atoms with van der Waals surface area (Å²) in [5.41, 5.74) is 0.457. The van der Waals surface area contributed by atoms with Crippen LogP contribution in [0.3, 0.4) is 0 Å². The highest BCUT2D eigenvalue weighted by Crippen LogP contribution is 2.30. The molecule has 4 rings (SSSR count). The van der Waals surface area contributed by atoms with Crippen molar-refractivity contribution in [1.29, 1.82) is 0 Å². The SMILES string of the molecule is CCCNC[C@@H]1CCCN1C(=O)[C@@H](NC(=O)[C@H](C)NC)C1CCCC1.O=Cc1cn2c(n1)N=CCC2.[HH].[HH]. The lowest BCUT2D eigenvalue weighted by Crippen LogP contribution is -2.56. The Morgan fingerprint density at radius 3 is 2.67 bits per heavy atom. The molecule has 2 amide bonds. The van der Waals surface area contributed by atoms with E-state index in [1.165, 1.54) is 0 Å². The molecule has 3 aliphatic rings. The highest BCUT2D eigenvalue weighted by Gasteiger charge is 2.38. The van der Waals surface area contributed by atoms with Crippen LogP contribution in [-0.2, 0) is 16.1 Å². The first kappa shape index (κ1) is 28.0. The first-order valence-electron chi connectivity index (χ1n) is 13.5. The normalized spacial score (nSPS) is 20.9. The second-order valence-electron chi connectivity index (χ2n) is 9.95. The van der Waals surface area contributed by atoms with Gasteiger partial charge < -0.3 is 25.4 Å². The molecule has 1 saturated carbocycles. The molecule has 1 saturated heterocycles. The third-order valence-corrected chi connectivity index (χ3v) is 7.33. The molecule has 1 aromatic rings. The molecule has 204 valence electrons. The number of carbonyl (C=O) groups excluding carboxylic acids is 3. The maximum absolute atomic E-state index is 13.3. The van der Waals surface area contributed by atoms with Crippen LogP contribution in [0.15, 0.2) is 11.2 Å². The number of hydrogen-bond donors (Lipinski definition) is 3. The Morgan fingerprint density at radius 1 is 1.22 bits per heavy atom. The third-order valence-electron chi connectivity index (χ3n) is 7.33. The molecule has 3 N–H and O–H groups in total. The number of aryl methyl sites for hydroxylation is 1. The summed E-state index contributed by atoms with van der Waals surface area (Å²) in [4.78, 5) is 46.0. The number of nitrogens with one attached hydrogen (secondary N) is 3. The van der Waals surface area contributed by atoms with Crippen LogP contribution in [0.4, 0.5) is 5.95 Å². The van der Waals surface area contributed by atoms with Gasteiger partial charge in [-0.1, -0.05) is 19.8 Å². The average molecular weight is 506 g/mol. The van der Waals surface area contributed by atoms with Crippen molar-refractivity contribution >= 4 is 30.3 Å². The molecule has 0 aromatic carbocycles. The summed E-state index contributed by atoms with van der Waals surface area (Å²) in [5.74, 6) is 0.973. The van der Waals surface area contributed by atoms with Gasteiger partial charge in [0.25, 0.3) is 0 Å². The number of nitrogens with zero attached hydrogens (tertiary/aromatic N) is 4. The number of rotatable bonds is 10. The zero-order valence-corrected chi connectivity index (χ0v) is 22.0. The van der Waals surface area contributed by atoms with Crippen LogP contribution in [0.5, 0.6) is 0 Å². The Kier molecular flexibility index (Phi) is 11.1. The molecule has 2 fully saturated rings. The van der Waals surface area contributed by atoms with Gasteiger partial charge in [-0.3, -0.25) is 14.4 Å². The number of aromatic nitrogens is 2. The van der Waals surface area contributed by atoms with Crippen LogP contribution < -0.4 is 16.0 Å². The molecular formula is C26H47N7O3. The molecule has 1 aliphatic carbocycles. The number of imidazole rings is 1. The van der Waals surface area contributed by atoms with Crippen molar-refractivity contribution in [2.45, 2.75) is 89.9 Å². The molecule has 3 heterocycles. The van der Waals surface area contributed by atoms with Gasteiger partial charge >= 0.3 is 0 Å². The number of likely N-dealkylation sites (tertiary alicyclic amines) is 1. The van der Waals surface area contributed by atoms with Crippen molar-refractivity contribution in [1.82, 2.24) is 30.4 Å². The number of amides is 2. The van der Waals surface area contributed by atoms with Gasteiger partial charge in [-0.25, -0.2) is 9.98 Å². The number of aliphatic imine (C=N–C) groups is 1. The van der Waals surface area contributed by atoms with Crippen molar-refractivity contribution in [2.75, 3.05) is 26.7 Å². The van der Waals surface area contributed by atoms with Crippen LogP contribution in [0.1, 0.15) is 78.6 Å². The topological polar surface area (TPSA) is 121 Å². The summed E-state index contributed by atoms with van der Waals surface area (Å²) in [6.45, 7) is 7.52. The van der Waals surface area contributed by atoms with E-state index in [9.17, 15) is 14.4 Å². The molecule has 1 aromatic heterocycles. The summed E-state index contributed by atoms with van der Waals surface area (Å²) in [6, 6.07) is -0.378. The van der Waals surface area contributed by atoms with E-state index >= 15 is 0 Å². The zero-order valence-electron chi connectivity index (χ0n) is 22.0. The standard InChI is InChI=1S/C19H36N4O2.C7H7N3O.2H2/c1-4-11-21-13-16-10-7-12-23(16)19(25)17(15-8-5-6-9-15)22-18(24)14(2)20-3;11-5-6-4-10-3-1-2-8-7(10)9-6;;/h14-17,20-21H,4-13H2,1-3H3,(H,22,24);2,4-5H,1,3H2;2*1H/t14-,16-,17-;;;/m0.../s1. The number of hydrogen-bond acceptors (Lipinski definition) is 7. The average Bonchev–Trinajstić information content (AvgIpc) is 3.67. The van der Waals surface area contributed by atoms with E-state index in [-0.39, 0.29) is 38.7 Å². The lowest BCUT2D eigenvalue weighted by molar-refractivity contribution is -0.139. The van der Waals surface area contributed by atoms with E-state index in [2.05, 4.69) is 32.9 Å². The fraction of sp³-hybridized carbons (Fsp3) is 0.731. The van der Waals surface area contributed by atoms with E-state index in [0.29, 0.717) is 11.6 Å². The van der Waals surface area contributed by atoms with Gasteiger partial charge in [-0.15, -0.1) is 0 Å². The Bertz CT molecular complexity index is 905. The Hall–Kier alpha value is -2.59. The van der Waals surface area contributed by atoms with E-state index in [0.717, 1.165) is 83.8 Å². The van der Waals surface area contributed by atoms with E-state index < -0.39 is 0 Å². The van der Waals surface area contributed by atoms with Crippen molar-refractivity contribution in [3.63, 3.8) is 0 Å². The lowest BCUT2D eigenvalue weighted by Gasteiger charge is -2.32. The predicted molar refractivity (Wildman–Crippen MR) is 145 cm³/mol. The minimum Gasteiger partial charge on any atom is -0.343 e.